The van der Waals surface area contributed by atoms with Gasteiger partial charge in [0.25, 0.3) is 0 Å². The average molecular weight is 270 g/mol. The minimum Gasteiger partial charge on any atom is -0.508 e. The first-order valence-corrected chi connectivity index (χ1v) is 6.56. The molecule has 0 saturated carbocycles. The summed E-state index contributed by atoms with van der Waals surface area (Å²) in [6.45, 7) is 0.556. The summed E-state index contributed by atoms with van der Waals surface area (Å²) >= 11 is 0. The summed E-state index contributed by atoms with van der Waals surface area (Å²) in [6.07, 6.45) is -0.0542. The normalized spacial score (nSPS) is 22.1. The standard InChI is InChI=1S/C16H14O4/c1-18-10-3-5-11-13-8-19-14-6-9(17)2-4-12(14)16(13)20-15(11)7-10/h2-7,13,16-17H,8H2,1H3/t13-,16+/m0/s1. The van der Waals surface area contributed by atoms with E-state index in [1.165, 1.54) is 0 Å². The molecule has 0 spiro atoms. The van der Waals surface area contributed by atoms with Crippen LogP contribution in [0.25, 0.3) is 0 Å². The van der Waals surface area contributed by atoms with Crippen molar-refractivity contribution in [3.05, 3.63) is 47.5 Å². The third-order valence-corrected chi connectivity index (χ3v) is 3.96. The van der Waals surface area contributed by atoms with Crippen LogP contribution in [0.15, 0.2) is 36.4 Å². The molecule has 2 atom stereocenters. The van der Waals surface area contributed by atoms with Gasteiger partial charge in [-0.05, 0) is 18.2 Å². The second-order valence-corrected chi connectivity index (χ2v) is 5.08. The Kier molecular flexibility index (Phi) is 2.33. The van der Waals surface area contributed by atoms with Gasteiger partial charge in [-0.25, -0.2) is 0 Å². The highest BCUT2D eigenvalue weighted by molar-refractivity contribution is 5.52. The van der Waals surface area contributed by atoms with Crippen LogP contribution in [0, 0.1) is 0 Å². The molecule has 0 fully saturated rings. The highest BCUT2D eigenvalue weighted by atomic mass is 16.5. The van der Waals surface area contributed by atoms with Crippen molar-refractivity contribution in [1.29, 1.82) is 0 Å². The van der Waals surface area contributed by atoms with E-state index in [4.69, 9.17) is 14.2 Å². The molecular weight excluding hydrogens is 256 g/mol. The lowest BCUT2D eigenvalue weighted by Crippen LogP contribution is -2.22. The van der Waals surface area contributed by atoms with Gasteiger partial charge in [0.05, 0.1) is 19.6 Å². The SMILES string of the molecule is COc1ccc2c(c1)O[C@@H]1c3ccc(O)cc3OC[C@@H]21. The molecular formula is C16H14O4. The molecule has 20 heavy (non-hydrogen) atoms. The molecule has 2 aliphatic heterocycles. The minimum atomic E-state index is -0.0542. The van der Waals surface area contributed by atoms with Gasteiger partial charge in [-0.15, -0.1) is 0 Å². The van der Waals surface area contributed by atoms with Gasteiger partial charge in [0, 0.05) is 23.3 Å². The Labute approximate surface area is 116 Å². The van der Waals surface area contributed by atoms with E-state index in [-0.39, 0.29) is 17.8 Å². The Morgan fingerprint density at radius 2 is 1.95 bits per heavy atom. The lowest BCUT2D eigenvalue weighted by atomic mass is 9.89. The van der Waals surface area contributed by atoms with Crippen LogP contribution in [0.4, 0.5) is 0 Å². The fourth-order valence-electron chi connectivity index (χ4n) is 2.95. The Balaban J connectivity index is 1.78. The molecule has 2 heterocycles. The minimum absolute atomic E-state index is 0.0542. The fraction of sp³-hybridized carbons (Fsp3) is 0.250. The van der Waals surface area contributed by atoms with Gasteiger partial charge in [0.1, 0.15) is 29.1 Å². The van der Waals surface area contributed by atoms with E-state index in [9.17, 15) is 5.11 Å². The fourth-order valence-corrected chi connectivity index (χ4v) is 2.95. The quantitative estimate of drug-likeness (QED) is 0.865. The molecule has 4 rings (SSSR count). The number of phenolic OH excluding ortho intramolecular Hbond substituents is 1. The molecule has 0 aromatic heterocycles. The molecule has 2 aliphatic rings. The Morgan fingerprint density at radius 1 is 1.10 bits per heavy atom. The summed E-state index contributed by atoms with van der Waals surface area (Å²) in [5.41, 5.74) is 2.13. The van der Waals surface area contributed by atoms with Gasteiger partial charge in [-0.1, -0.05) is 6.07 Å². The maximum atomic E-state index is 9.53. The van der Waals surface area contributed by atoms with Crippen LogP contribution < -0.4 is 14.2 Å². The second kappa shape index (κ2) is 4.07. The molecule has 0 radical (unpaired) electrons. The summed E-state index contributed by atoms with van der Waals surface area (Å²) in [5.74, 6) is 2.73. The zero-order valence-electron chi connectivity index (χ0n) is 11.0. The Bertz CT molecular complexity index is 680. The number of fused-ring (bicyclic) bond motifs is 5. The molecule has 4 nitrogen and oxygen atoms in total. The third-order valence-electron chi connectivity index (χ3n) is 3.96. The number of ether oxygens (including phenoxy) is 3. The molecule has 0 aliphatic carbocycles. The highest BCUT2D eigenvalue weighted by Crippen LogP contribution is 2.52. The first-order valence-electron chi connectivity index (χ1n) is 6.56. The number of hydrogen-bond acceptors (Lipinski definition) is 4. The van der Waals surface area contributed by atoms with Crippen LogP contribution in [0.2, 0.25) is 0 Å². The van der Waals surface area contributed by atoms with Gasteiger partial charge in [-0.2, -0.15) is 0 Å². The maximum absolute atomic E-state index is 9.53. The number of benzene rings is 2. The Morgan fingerprint density at radius 3 is 2.80 bits per heavy atom. The molecule has 0 saturated heterocycles. The predicted molar refractivity (Wildman–Crippen MR) is 72.7 cm³/mol. The van der Waals surface area contributed by atoms with E-state index in [1.54, 1.807) is 19.2 Å². The molecule has 102 valence electrons. The van der Waals surface area contributed by atoms with E-state index in [0.717, 1.165) is 22.6 Å². The van der Waals surface area contributed by atoms with Crippen LogP contribution >= 0.6 is 0 Å². The van der Waals surface area contributed by atoms with Crippen molar-refractivity contribution in [3.8, 4) is 23.0 Å². The van der Waals surface area contributed by atoms with Gasteiger partial charge >= 0.3 is 0 Å². The number of methoxy groups -OCH3 is 1. The number of hydrogen-bond donors (Lipinski definition) is 1. The molecule has 0 bridgehead atoms. The first kappa shape index (κ1) is 11.5. The van der Waals surface area contributed by atoms with Gasteiger partial charge in [0.15, 0.2) is 0 Å². The van der Waals surface area contributed by atoms with Crippen LogP contribution in [-0.4, -0.2) is 18.8 Å². The van der Waals surface area contributed by atoms with Crippen molar-refractivity contribution in [2.45, 2.75) is 12.0 Å². The number of phenols is 1. The summed E-state index contributed by atoms with van der Waals surface area (Å²) in [5, 5.41) is 9.53. The van der Waals surface area contributed by atoms with E-state index in [0.29, 0.717) is 12.4 Å². The highest BCUT2D eigenvalue weighted by Gasteiger charge is 2.40. The zero-order valence-corrected chi connectivity index (χ0v) is 11.0. The largest absolute Gasteiger partial charge is 0.508 e. The average Bonchev–Trinajstić information content (AvgIpc) is 2.84. The molecule has 2 aromatic carbocycles. The van der Waals surface area contributed by atoms with Crippen molar-refractivity contribution < 1.29 is 19.3 Å². The molecule has 4 heteroatoms. The van der Waals surface area contributed by atoms with Crippen molar-refractivity contribution in [2.24, 2.45) is 0 Å². The molecule has 0 unspecified atom stereocenters. The van der Waals surface area contributed by atoms with Gasteiger partial charge < -0.3 is 19.3 Å². The lowest BCUT2D eigenvalue weighted by Gasteiger charge is -2.27. The topological polar surface area (TPSA) is 47.9 Å². The molecule has 0 amide bonds. The van der Waals surface area contributed by atoms with Crippen LogP contribution in [0.1, 0.15) is 23.1 Å². The summed E-state index contributed by atoms with van der Waals surface area (Å²) in [4.78, 5) is 0. The van der Waals surface area contributed by atoms with E-state index in [2.05, 4.69) is 0 Å². The number of aromatic hydroxyl groups is 1. The van der Waals surface area contributed by atoms with Crippen molar-refractivity contribution >= 4 is 0 Å². The summed E-state index contributed by atoms with van der Waals surface area (Å²) in [6, 6.07) is 11.1. The second-order valence-electron chi connectivity index (χ2n) is 5.08. The van der Waals surface area contributed by atoms with E-state index in [1.807, 2.05) is 24.3 Å². The smallest absolute Gasteiger partial charge is 0.138 e. The Hall–Kier alpha value is -2.36. The van der Waals surface area contributed by atoms with Crippen LogP contribution in [0.5, 0.6) is 23.0 Å². The predicted octanol–water partition coefficient (Wildman–Crippen LogP) is 3.01. The van der Waals surface area contributed by atoms with Gasteiger partial charge in [-0.3, -0.25) is 0 Å². The first-order chi connectivity index (χ1) is 9.76. The third kappa shape index (κ3) is 1.54. The van der Waals surface area contributed by atoms with E-state index < -0.39 is 0 Å². The monoisotopic (exact) mass is 270 g/mol. The van der Waals surface area contributed by atoms with Crippen LogP contribution in [0.3, 0.4) is 0 Å². The zero-order chi connectivity index (χ0) is 13.7. The van der Waals surface area contributed by atoms with Crippen molar-refractivity contribution in [2.75, 3.05) is 13.7 Å². The number of rotatable bonds is 1. The van der Waals surface area contributed by atoms with Crippen molar-refractivity contribution in [3.63, 3.8) is 0 Å². The van der Waals surface area contributed by atoms with E-state index >= 15 is 0 Å². The maximum Gasteiger partial charge on any atom is 0.138 e. The summed E-state index contributed by atoms with van der Waals surface area (Å²) < 4.78 is 17.1. The van der Waals surface area contributed by atoms with Gasteiger partial charge in [0.2, 0.25) is 0 Å². The van der Waals surface area contributed by atoms with Crippen LogP contribution in [-0.2, 0) is 0 Å². The molecule has 1 N–H and O–H groups in total. The van der Waals surface area contributed by atoms with Crippen molar-refractivity contribution in [1.82, 2.24) is 0 Å². The lowest BCUT2D eigenvalue weighted by molar-refractivity contribution is 0.139. The molecule has 2 aromatic rings. The summed E-state index contributed by atoms with van der Waals surface area (Å²) in [7, 11) is 1.64.